The first-order valence-electron chi connectivity index (χ1n) is 5.99. The molecule has 1 aromatic rings. The molecule has 0 unspecified atom stereocenters. The lowest BCUT2D eigenvalue weighted by atomic mass is 10.3. The van der Waals surface area contributed by atoms with Crippen LogP contribution in [0.2, 0.25) is 5.02 Å². The topological polar surface area (TPSA) is 84.5 Å². The molecule has 0 saturated heterocycles. The van der Waals surface area contributed by atoms with Crippen LogP contribution in [0.25, 0.3) is 0 Å². The Morgan fingerprint density at radius 3 is 2.57 bits per heavy atom. The van der Waals surface area contributed by atoms with Gasteiger partial charge in [0.15, 0.2) is 5.75 Å². The first-order chi connectivity index (χ1) is 9.67. The Balaban J connectivity index is 3.01. The Labute approximate surface area is 137 Å². The van der Waals surface area contributed by atoms with Crippen LogP contribution in [-0.2, 0) is 14.8 Å². The van der Waals surface area contributed by atoms with Gasteiger partial charge in [0.05, 0.1) is 18.1 Å². The van der Waals surface area contributed by atoms with Gasteiger partial charge in [0.2, 0.25) is 15.9 Å². The van der Waals surface area contributed by atoms with Gasteiger partial charge >= 0.3 is 0 Å². The van der Waals surface area contributed by atoms with E-state index < -0.39 is 15.9 Å². The Hall–Kier alpha value is -0.830. The van der Waals surface area contributed by atoms with Crippen molar-refractivity contribution in [2.45, 2.75) is 24.8 Å². The van der Waals surface area contributed by atoms with Gasteiger partial charge < -0.3 is 10.1 Å². The molecule has 1 rings (SSSR count). The molecule has 0 spiro atoms. The fourth-order valence-corrected chi connectivity index (χ4v) is 3.91. The predicted octanol–water partition coefficient (Wildman–Crippen LogP) is 1.91. The molecule has 1 amide bonds. The van der Waals surface area contributed by atoms with Crippen LogP contribution in [0.5, 0.6) is 5.75 Å². The van der Waals surface area contributed by atoms with Crippen molar-refractivity contribution in [3.8, 4) is 5.75 Å². The maximum atomic E-state index is 12.3. The molecule has 9 heteroatoms. The van der Waals surface area contributed by atoms with Crippen molar-refractivity contribution in [3.63, 3.8) is 0 Å². The molecule has 0 heterocycles. The van der Waals surface area contributed by atoms with Gasteiger partial charge in [0, 0.05) is 11.1 Å². The Morgan fingerprint density at radius 2 is 2.05 bits per heavy atom. The van der Waals surface area contributed by atoms with Crippen LogP contribution >= 0.6 is 27.5 Å². The van der Waals surface area contributed by atoms with Gasteiger partial charge in [-0.3, -0.25) is 4.79 Å². The number of halogens is 2. The zero-order valence-electron chi connectivity index (χ0n) is 11.7. The van der Waals surface area contributed by atoms with Gasteiger partial charge in [-0.25, -0.2) is 13.1 Å². The third kappa shape index (κ3) is 5.14. The van der Waals surface area contributed by atoms with Crippen LogP contribution in [-0.4, -0.2) is 34.0 Å². The summed E-state index contributed by atoms with van der Waals surface area (Å²) in [6.07, 6.45) is 0. The van der Waals surface area contributed by atoms with Crippen LogP contribution in [0.4, 0.5) is 0 Å². The monoisotopic (exact) mass is 398 g/mol. The van der Waals surface area contributed by atoms with Crippen molar-refractivity contribution in [2.24, 2.45) is 0 Å². The normalized spacial score (nSPS) is 11.5. The average Bonchev–Trinajstić information content (AvgIpc) is 2.35. The van der Waals surface area contributed by atoms with Crippen molar-refractivity contribution in [1.29, 1.82) is 0 Å². The number of carbonyl (C=O) groups is 1. The second kappa shape index (κ2) is 7.44. The molecule has 0 radical (unpaired) electrons. The highest BCUT2D eigenvalue weighted by Gasteiger charge is 2.23. The van der Waals surface area contributed by atoms with Gasteiger partial charge in [-0.05, 0) is 41.9 Å². The summed E-state index contributed by atoms with van der Waals surface area (Å²) in [5, 5.41) is 2.82. The summed E-state index contributed by atoms with van der Waals surface area (Å²) < 4.78 is 32.2. The highest BCUT2D eigenvalue weighted by molar-refractivity contribution is 9.10. The van der Waals surface area contributed by atoms with Crippen LogP contribution < -0.4 is 14.8 Å². The standard InChI is InChI=1S/C12H16BrClN2O4S/c1-7(2)16-11(17)6-15-21(18,19)10-5-8(14)4-9(13)12(10)20-3/h4-5,7,15H,6H2,1-3H3,(H,16,17). The summed E-state index contributed by atoms with van der Waals surface area (Å²) in [6, 6.07) is 2.70. The zero-order chi connectivity index (χ0) is 16.2. The molecule has 0 atom stereocenters. The van der Waals surface area contributed by atoms with E-state index in [1.54, 1.807) is 13.8 Å². The van der Waals surface area contributed by atoms with E-state index in [-0.39, 0.29) is 28.3 Å². The molecular formula is C12H16BrClN2O4S. The molecule has 0 aliphatic rings. The minimum Gasteiger partial charge on any atom is -0.494 e. The Morgan fingerprint density at radius 1 is 1.43 bits per heavy atom. The molecule has 0 aliphatic carbocycles. The van der Waals surface area contributed by atoms with E-state index in [1.165, 1.54) is 19.2 Å². The van der Waals surface area contributed by atoms with Crippen LogP contribution in [0.15, 0.2) is 21.5 Å². The maximum absolute atomic E-state index is 12.3. The number of amides is 1. The van der Waals surface area contributed by atoms with Gasteiger partial charge in [0.1, 0.15) is 4.90 Å². The highest BCUT2D eigenvalue weighted by Crippen LogP contribution is 2.35. The summed E-state index contributed by atoms with van der Waals surface area (Å²) >= 11 is 9.04. The first kappa shape index (κ1) is 18.2. The van der Waals surface area contributed by atoms with E-state index >= 15 is 0 Å². The molecule has 0 aromatic heterocycles. The second-order valence-electron chi connectivity index (χ2n) is 4.47. The summed E-state index contributed by atoms with van der Waals surface area (Å²) in [4.78, 5) is 11.4. The minimum absolute atomic E-state index is 0.0724. The minimum atomic E-state index is -3.93. The molecule has 0 bridgehead atoms. The number of rotatable bonds is 6. The molecule has 0 aliphatic heterocycles. The van der Waals surface area contributed by atoms with Crippen molar-refractivity contribution >= 4 is 43.5 Å². The van der Waals surface area contributed by atoms with Gasteiger partial charge in [-0.2, -0.15) is 0 Å². The molecule has 2 N–H and O–H groups in total. The van der Waals surface area contributed by atoms with Crippen molar-refractivity contribution in [1.82, 2.24) is 10.0 Å². The van der Waals surface area contributed by atoms with E-state index in [0.29, 0.717) is 4.47 Å². The molecule has 0 fully saturated rings. The van der Waals surface area contributed by atoms with Crippen LogP contribution in [0.3, 0.4) is 0 Å². The highest BCUT2D eigenvalue weighted by atomic mass is 79.9. The fraction of sp³-hybridized carbons (Fsp3) is 0.417. The van der Waals surface area contributed by atoms with Crippen LogP contribution in [0.1, 0.15) is 13.8 Å². The third-order valence-electron chi connectivity index (χ3n) is 2.34. The third-order valence-corrected chi connectivity index (χ3v) is 4.55. The smallest absolute Gasteiger partial charge is 0.244 e. The average molecular weight is 400 g/mol. The Bertz CT molecular complexity index is 634. The summed E-state index contributed by atoms with van der Waals surface area (Å²) in [5.74, 6) is -0.301. The molecule has 21 heavy (non-hydrogen) atoms. The summed E-state index contributed by atoms with van der Waals surface area (Å²) in [6.45, 7) is 3.20. The molecule has 0 saturated carbocycles. The van der Waals surface area contributed by atoms with E-state index in [0.717, 1.165) is 0 Å². The van der Waals surface area contributed by atoms with Gasteiger partial charge in [0.25, 0.3) is 0 Å². The lowest BCUT2D eigenvalue weighted by Gasteiger charge is -2.13. The number of benzene rings is 1. The van der Waals surface area contributed by atoms with Gasteiger partial charge in [-0.15, -0.1) is 0 Å². The largest absolute Gasteiger partial charge is 0.494 e. The number of ether oxygens (including phenoxy) is 1. The predicted molar refractivity (Wildman–Crippen MR) is 84.2 cm³/mol. The zero-order valence-corrected chi connectivity index (χ0v) is 14.9. The first-order valence-corrected chi connectivity index (χ1v) is 8.65. The van der Waals surface area contributed by atoms with Crippen LogP contribution in [0, 0.1) is 0 Å². The van der Waals surface area contributed by atoms with Crippen molar-refractivity contribution in [3.05, 3.63) is 21.6 Å². The van der Waals surface area contributed by atoms with E-state index in [9.17, 15) is 13.2 Å². The molecule has 1 aromatic carbocycles. The number of nitrogens with one attached hydrogen (secondary N) is 2. The molecule has 6 nitrogen and oxygen atoms in total. The number of methoxy groups -OCH3 is 1. The lowest BCUT2D eigenvalue weighted by Crippen LogP contribution is -2.39. The fourth-order valence-electron chi connectivity index (χ4n) is 1.55. The van der Waals surface area contributed by atoms with E-state index in [2.05, 4.69) is 26.0 Å². The van der Waals surface area contributed by atoms with Crippen molar-refractivity contribution in [2.75, 3.05) is 13.7 Å². The summed E-state index contributed by atoms with van der Waals surface area (Å²) in [7, 11) is -2.58. The number of sulfonamides is 1. The molecular weight excluding hydrogens is 384 g/mol. The van der Waals surface area contributed by atoms with Gasteiger partial charge in [-0.1, -0.05) is 11.6 Å². The number of carbonyl (C=O) groups excluding carboxylic acids is 1. The SMILES string of the molecule is COc1c(Br)cc(Cl)cc1S(=O)(=O)NCC(=O)NC(C)C. The molecule has 118 valence electrons. The second-order valence-corrected chi connectivity index (χ2v) is 7.49. The maximum Gasteiger partial charge on any atom is 0.244 e. The summed E-state index contributed by atoms with van der Waals surface area (Å²) in [5.41, 5.74) is 0. The van der Waals surface area contributed by atoms with Crippen molar-refractivity contribution < 1.29 is 17.9 Å². The quantitative estimate of drug-likeness (QED) is 0.765. The Kier molecular flexibility index (Phi) is 6.45. The number of hydrogen-bond acceptors (Lipinski definition) is 4. The number of hydrogen-bond donors (Lipinski definition) is 2. The van der Waals surface area contributed by atoms with E-state index in [1.807, 2.05) is 0 Å². The van der Waals surface area contributed by atoms with E-state index in [4.69, 9.17) is 16.3 Å². The lowest BCUT2D eigenvalue weighted by molar-refractivity contribution is -0.120.